The van der Waals surface area contributed by atoms with Gasteiger partial charge in [0.05, 0.1) is 0 Å². The summed E-state index contributed by atoms with van der Waals surface area (Å²) >= 11 is 7.76. The predicted molar refractivity (Wildman–Crippen MR) is 44.2 cm³/mol. The van der Waals surface area contributed by atoms with Crippen molar-refractivity contribution in [1.29, 1.82) is 0 Å². The van der Waals surface area contributed by atoms with Crippen LogP contribution in [-0.4, -0.2) is 22.9 Å². The van der Waals surface area contributed by atoms with Crippen LogP contribution >= 0.6 is 23.4 Å². The number of hydrogen-bond donors (Lipinski definition) is 1. The Bertz CT molecular complexity index is 89.1. The lowest BCUT2D eigenvalue weighted by molar-refractivity contribution is 0.717. The van der Waals surface area contributed by atoms with Crippen molar-refractivity contribution in [1.82, 2.24) is 0 Å². The molecule has 1 saturated carbocycles. The second kappa shape index (κ2) is 3.13. The van der Waals surface area contributed by atoms with Gasteiger partial charge in [0.25, 0.3) is 0 Å². The highest BCUT2D eigenvalue weighted by atomic mass is 35.5. The molecule has 1 nitrogen and oxygen atoms in total. The van der Waals surface area contributed by atoms with E-state index in [0.29, 0.717) is 16.7 Å². The highest BCUT2D eigenvalue weighted by Gasteiger charge is 2.31. The maximum atomic E-state index is 5.97. The Labute approximate surface area is 65.3 Å². The molecule has 3 heteroatoms. The third-order valence-corrected chi connectivity index (χ3v) is 3.69. The first kappa shape index (κ1) is 7.70. The van der Waals surface area contributed by atoms with E-state index in [4.69, 9.17) is 17.3 Å². The van der Waals surface area contributed by atoms with Crippen molar-refractivity contribution in [2.75, 3.05) is 6.26 Å². The molecule has 0 aromatic rings. The number of thioether (sulfide) groups is 1. The SMILES string of the molecule is CS[C@H]1[C@H](N)CC[C@@H]1Cl. The standard InChI is InChI=1S/C6H12ClNS/c1-9-6-4(7)2-3-5(6)8/h4-6H,2-3,8H2,1H3/t4-,5+,6+/m0/s1. The molecule has 0 aliphatic heterocycles. The van der Waals surface area contributed by atoms with Gasteiger partial charge in [0.2, 0.25) is 0 Å². The number of nitrogens with two attached hydrogens (primary N) is 1. The van der Waals surface area contributed by atoms with E-state index in [1.54, 1.807) is 11.8 Å². The van der Waals surface area contributed by atoms with Crippen molar-refractivity contribution in [3.63, 3.8) is 0 Å². The molecule has 0 aromatic heterocycles. The lowest BCUT2D eigenvalue weighted by atomic mass is 10.3. The highest BCUT2D eigenvalue weighted by molar-refractivity contribution is 7.99. The molecule has 1 aliphatic rings. The van der Waals surface area contributed by atoms with Gasteiger partial charge in [-0.2, -0.15) is 11.8 Å². The summed E-state index contributed by atoms with van der Waals surface area (Å²) in [4.78, 5) is 0. The van der Waals surface area contributed by atoms with Crippen molar-refractivity contribution in [3.8, 4) is 0 Å². The van der Waals surface area contributed by atoms with E-state index < -0.39 is 0 Å². The summed E-state index contributed by atoms with van der Waals surface area (Å²) in [6.07, 6.45) is 4.26. The van der Waals surface area contributed by atoms with Gasteiger partial charge in [0.1, 0.15) is 0 Å². The van der Waals surface area contributed by atoms with Gasteiger partial charge in [0, 0.05) is 16.7 Å². The van der Waals surface area contributed by atoms with Gasteiger partial charge in [-0.05, 0) is 19.1 Å². The molecule has 0 aromatic carbocycles. The van der Waals surface area contributed by atoms with Gasteiger partial charge in [-0.3, -0.25) is 0 Å². The van der Waals surface area contributed by atoms with E-state index in [2.05, 4.69) is 6.26 Å². The fourth-order valence-electron chi connectivity index (χ4n) is 1.27. The van der Waals surface area contributed by atoms with Gasteiger partial charge < -0.3 is 5.73 Å². The Morgan fingerprint density at radius 1 is 1.56 bits per heavy atom. The largest absolute Gasteiger partial charge is 0.327 e. The summed E-state index contributed by atoms with van der Waals surface area (Å²) in [5.74, 6) is 0. The Kier molecular flexibility index (Phi) is 2.68. The summed E-state index contributed by atoms with van der Waals surface area (Å²) in [6.45, 7) is 0. The van der Waals surface area contributed by atoms with Gasteiger partial charge in [-0.15, -0.1) is 11.6 Å². The number of hydrogen-bond acceptors (Lipinski definition) is 2. The second-order valence-electron chi connectivity index (χ2n) is 2.46. The Morgan fingerprint density at radius 2 is 2.22 bits per heavy atom. The average Bonchev–Trinajstić information content (AvgIpc) is 2.12. The van der Waals surface area contributed by atoms with E-state index in [1.807, 2.05) is 0 Å². The summed E-state index contributed by atoms with van der Waals surface area (Å²) in [6, 6.07) is 0.336. The molecule has 9 heavy (non-hydrogen) atoms. The van der Waals surface area contributed by atoms with Gasteiger partial charge in [-0.1, -0.05) is 0 Å². The minimum atomic E-state index is 0.315. The third kappa shape index (κ3) is 1.54. The van der Waals surface area contributed by atoms with E-state index in [-0.39, 0.29) is 0 Å². The van der Waals surface area contributed by atoms with Gasteiger partial charge >= 0.3 is 0 Å². The summed E-state index contributed by atoms with van der Waals surface area (Å²) in [5, 5.41) is 0.807. The zero-order valence-corrected chi connectivity index (χ0v) is 7.08. The summed E-state index contributed by atoms with van der Waals surface area (Å²) in [7, 11) is 0. The Morgan fingerprint density at radius 3 is 2.44 bits per heavy atom. The highest BCUT2D eigenvalue weighted by Crippen LogP contribution is 2.31. The fourth-order valence-corrected chi connectivity index (χ4v) is 2.81. The maximum absolute atomic E-state index is 5.97. The average molecular weight is 166 g/mol. The lowest BCUT2D eigenvalue weighted by Gasteiger charge is -2.14. The molecule has 0 amide bonds. The maximum Gasteiger partial charge on any atom is 0.0470 e. The zero-order chi connectivity index (χ0) is 6.85. The van der Waals surface area contributed by atoms with Crippen molar-refractivity contribution >= 4 is 23.4 Å². The number of alkyl halides is 1. The van der Waals surface area contributed by atoms with Crippen LogP contribution in [0.25, 0.3) is 0 Å². The van der Waals surface area contributed by atoms with Gasteiger partial charge in [-0.25, -0.2) is 0 Å². The second-order valence-corrected chi connectivity index (χ2v) is 4.03. The quantitative estimate of drug-likeness (QED) is 0.596. The summed E-state index contributed by atoms with van der Waals surface area (Å²) in [5.41, 5.74) is 5.77. The molecule has 0 saturated heterocycles. The Balaban J connectivity index is 2.44. The topological polar surface area (TPSA) is 26.0 Å². The monoisotopic (exact) mass is 165 g/mol. The van der Waals surface area contributed by atoms with E-state index in [1.165, 1.54) is 0 Å². The summed E-state index contributed by atoms with van der Waals surface area (Å²) < 4.78 is 0. The molecule has 54 valence electrons. The van der Waals surface area contributed by atoms with Crippen molar-refractivity contribution in [3.05, 3.63) is 0 Å². The molecule has 1 rings (SSSR count). The van der Waals surface area contributed by atoms with Crippen LogP contribution in [-0.2, 0) is 0 Å². The molecule has 1 fully saturated rings. The molecule has 1 aliphatic carbocycles. The predicted octanol–water partition coefficient (Wildman–Crippen LogP) is 1.45. The number of rotatable bonds is 1. The molecule has 0 spiro atoms. The first-order valence-electron chi connectivity index (χ1n) is 3.18. The normalized spacial score (nSPS) is 43.7. The minimum absolute atomic E-state index is 0.315. The smallest absolute Gasteiger partial charge is 0.0470 e. The molecule has 3 atom stereocenters. The number of halogens is 1. The van der Waals surface area contributed by atoms with Crippen LogP contribution in [0.1, 0.15) is 12.8 Å². The van der Waals surface area contributed by atoms with Crippen LogP contribution in [0.3, 0.4) is 0 Å². The Hall–Kier alpha value is 0.600. The van der Waals surface area contributed by atoms with Crippen LogP contribution in [0, 0.1) is 0 Å². The van der Waals surface area contributed by atoms with Crippen molar-refractivity contribution in [2.24, 2.45) is 5.73 Å². The first-order valence-corrected chi connectivity index (χ1v) is 4.90. The molecule has 0 unspecified atom stereocenters. The van der Waals surface area contributed by atoms with E-state index in [0.717, 1.165) is 12.8 Å². The van der Waals surface area contributed by atoms with E-state index in [9.17, 15) is 0 Å². The van der Waals surface area contributed by atoms with Crippen LogP contribution in [0.2, 0.25) is 0 Å². The third-order valence-electron chi connectivity index (χ3n) is 1.83. The molecule has 2 N–H and O–H groups in total. The molecule has 0 heterocycles. The van der Waals surface area contributed by atoms with Crippen LogP contribution < -0.4 is 5.73 Å². The van der Waals surface area contributed by atoms with Crippen LogP contribution in [0.4, 0.5) is 0 Å². The molecular weight excluding hydrogens is 154 g/mol. The van der Waals surface area contributed by atoms with Crippen molar-refractivity contribution < 1.29 is 0 Å². The van der Waals surface area contributed by atoms with Crippen LogP contribution in [0.15, 0.2) is 0 Å². The first-order chi connectivity index (χ1) is 4.25. The lowest BCUT2D eigenvalue weighted by Crippen LogP contribution is -2.30. The molecule has 0 radical (unpaired) electrons. The van der Waals surface area contributed by atoms with Crippen LogP contribution in [0.5, 0.6) is 0 Å². The zero-order valence-electron chi connectivity index (χ0n) is 5.51. The minimum Gasteiger partial charge on any atom is -0.327 e. The van der Waals surface area contributed by atoms with Crippen molar-refractivity contribution in [2.45, 2.75) is 29.5 Å². The fraction of sp³-hybridized carbons (Fsp3) is 1.00. The molecule has 0 bridgehead atoms. The van der Waals surface area contributed by atoms with E-state index >= 15 is 0 Å². The molecular formula is C6H12ClNS. The van der Waals surface area contributed by atoms with Gasteiger partial charge in [0.15, 0.2) is 0 Å².